The highest BCUT2D eigenvalue weighted by Gasteiger charge is 2.59. The van der Waals surface area contributed by atoms with E-state index in [1.54, 1.807) is 6.07 Å². The van der Waals surface area contributed by atoms with E-state index in [0.29, 0.717) is 30.3 Å². The third-order valence-electron chi connectivity index (χ3n) is 6.36. The highest BCUT2D eigenvalue weighted by molar-refractivity contribution is 9.10. The van der Waals surface area contributed by atoms with Crippen molar-refractivity contribution in [3.8, 4) is 11.5 Å². The molecule has 2 aromatic carbocycles. The molecule has 1 aliphatic heterocycles. The van der Waals surface area contributed by atoms with Crippen LogP contribution in [0.15, 0.2) is 64.2 Å². The molecule has 7 heteroatoms. The minimum Gasteiger partial charge on any atom is -0.490 e. The molecule has 4 unspecified atom stereocenters. The van der Waals surface area contributed by atoms with E-state index in [9.17, 15) is 9.59 Å². The summed E-state index contributed by atoms with van der Waals surface area (Å²) in [6.07, 6.45) is 6.57. The Bertz CT molecular complexity index is 1080. The van der Waals surface area contributed by atoms with Crippen LogP contribution < -0.4 is 9.47 Å². The van der Waals surface area contributed by atoms with Gasteiger partial charge in [0.05, 0.1) is 24.7 Å². The predicted molar refractivity (Wildman–Crippen MR) is 123 cm³/mol. The van der Waals surface area contributed by atoms with Gasteiger partial charge in [-0.2, -0.15) is 10.1 Å². The Morgan fingerprint density at radius 2 is 1.69 bits per heavy atom. The van der Waals surface area contributed by atoms with Crippen molar-refractivity contribution in [2.75, 3.05) is 6.61 Å². The zero-order chi connectivity index (χ0) is 22.2. The number of hydrogen-bond donors (Lipinski definition) is 0. The van der Waals surface area contributed by atoms with Gasteiger partial charge in [0, 0.05) is 10.0 Å². The van der Waals surface area contributed by atoms with E-state index in [-0.39, 0.29) is 35.5 Å². The quantitative estimate of drug-likeness (QED) is 0.321. The largest absolute Gasteiger partial charge is 0.490 e. The van der Waals surface area contributed by atoms with Crippen molar-refractivity contribution in [3.05, 3.63) is 70.2 Å². The summed E-state index contributed by atoms with van der Waals surface area (Å²) in [5.74, 6) is 0.597. The maximum atomic E-state index is 12.8. The number of hydrazone groups is 1. The monoisotopic (exact) mass is 494 g/mol. The lowest BCUT2D eigenvalue weighted by Crippen LogP contribution is -2.28. The van der Waals surface area contributed by atoms with Gasteiger partial charge in [-0.05, 0) is 58.8 Å². The fraction of sp³-hybridized carbons (Fsp3) is 0.320. The standard InChI is InChI=1S/C25H23BrN2O4/c1-2-31-20-11-18(19(26)12-21(20)32-14-15-6-4-3-5-7-15)13-27-28-24(29)22-16-8-9-17(10-16)23(22)25(28)30/h3-9,11-13,16-17,22-23H,2,10,14H2,1H3. The van der Waals surface area contributed by atoms with Crippen LogP contribution in [0.1, 0.15) is 24.5 Å². The molecule has 0 N–H and O–H groups in total. The topological polar surface area (TPSA) is 68.2 Å². The lowest BCUT2D eigenvalue weighted by atomic mass is 9.85. The first-order chi connectivity index (χ1) is 15.6. The maximum Gasteiger partial charge on any atom is 0.254 e. The second-order valence-electron chi connectivity index (χ2n) is 8.26. The SMILES string of the molecule is CCOc1cc(C=NN2C(=O)C3C4C=CC(C4)C3C2=O)c(Br)cc1OCc1ccccc1. The van der Waals surface area contributed by atoms with Gasteiger partial charge < -0.3 is 9.47 Å². The third kappa shape index (κ3) is 3.64. The molecular formula is C25H23BrN2O4. The van der Waals surface area contributed by atoms with Gasteiger partial charge in [-0.15, -0.1) is 0 Å². The second kappa shape index (κ2) is 8.54. The molecule has 164 valence electrons. The maximum absolute atomic E-state index is 12.8. The number of ether oxygens (including phenoxy) is 2. The minimum absolute atomic E-state index is 0.166. The summed E-state index contributed by atoms with van der Waals surface area (Å²) in [6, 6.07) is 13.5. The van der Waals surface area contributed by atoms with E-state index < -0.39 is 0 Å². The van der Waals surface area contributed by atoms with Crippen molar-refractivity contribution in [2.24, 2.45) is 28.8 Å². The Balaban J connectivity index is 1.36. The Hall–Kier alpha value is -2.93. The fourth-order valence-electron chi connectivity index (χ4n) is 4.89. The van der Waals surface area contributed by atoms with Gasteiger partial charge in [-0.1, -0.05) is 42.5 Å². The number of imide groups is 1. The molecule has 1 heterocycles. The van der Waals surface area contributed by atoms with Crippen molar-refractivity contribution >= 4 is 34.0 Å². The summed E-state index contributed by atoms with van der Waals surface area (Å²) in [5.41, 5.74) is 1.75. The first kappa shape index (κ1) is 20.9. The number of halogens is 1. The smallest absolute Gasteiger partial charge is 0.254 e. The van der Waals surface area contributed by atoms with Crippen LogP contribution in [-0.4, -0.2) is 29.6 Å². The van der Waals surface area contributed by atoms with E-state index in [1.165, 1.54) is 6.21 Å². The number of amides is 2. The summed E-state index contributed by atoms with van der Waals surface area (Å²) in [6.45, 7) is 2.79. The van der Waals surface area contributed by atoms with Gasteiger partial charge in [-0.3, -0.25) is 9.59 Å². The molecule has 0 aromatic heterocycles. The normalized spacial score (nSPS) is 25.8. The zero-order valence-electron chi connectivity index (χ0n) is 17.6. The lowest BCUT2D eigenvalue weighted by molar-refractivity contribution is -0.140. The second-order valence-corrected chi connectivity index (χ2v) is 9.11. The zero-order valence-corrected chi connectivity index (χ0v) is 19.2. The van der Waals surface area contributed by atoms with Crippen molar-refractivity contribution < 1.29 is 19.1 Å². The molecule has 2 aromatic rings. The number of benzene rings is 2. The van der Waals surface area contributed by atoms with Crippen LogP contribution in [-0.2, 0) is 16.2 Å². The van der Waals surface area contributed by atoms with E-state index in [2.05, 4.69) is 33.2 Å². The number of rotatable bonds is 7. The van der Waals surface area contributed by atoms with Crippen LogP contribution in [0.4, 0.5) is 0 Å². The van der Waals surface area contributed by atoms with E-state index >= 15 is 0 Å². The highest BCUT2D eigenvalue weighted by atomic mass is 79.9. The van der Waals surface area contributed by atoms with Crippen LogP contribution in [0.3, 0.4) is 0 Å². The van der Waals surface area contributed by atoms with Crippen LogP contribution in [0, 0.1) is 23.7 Å². The molecule has 3 aliphatic rings. The number of allylic oxidation sites excluding steroid dienone is 2. The molecule has 1 saturated carbocycles. The number of carbonyl (C=O) groups excluding carboxylic acids is 2. The first-order valence-electron chi connectivity index (χ1n) is 10.8. The number of carbonyl (C=O) groups is 2. The number of fused-ring (bicyclic) bond motifs is 5. The van der Waals surface area contributed by atoms with Crippen LogP contribution in [0.2, 0.25) is 0 Å². The molecule has 0 radical (unpaired) electrons. The van der Waals surface area contributed by atoms with Crippen LogP contribution >= 0.6 is 15.9 Å². The van der Waals surface area contributed by atoms with E-state index in [1.807, 2.05) is 43.3 Å². The van der Waals surface area contributed by atoms with Gasteiger partial charge in [0.15, 0.2) is 11.5 Å². The third-order valence-corrected chi connectivity index (χ3v) is 7.05. The molecule has 32 heavy (non-hydrogen) atoms. The molecule has 2 fully saturated rings. The van der Waals surface area contributed by atoms with Crippen LogP contribution in [0.5, 0.6) is 11.5 Å². The Kier molecular flexibility index (Phi) is 5.59. The Morgan fingerprint density at radius 3 is 2.34 bits per heavy atom. The Labute approximate surface area is 195 Å². The Morgan fingerprint density at radius 1 is 1.03 bits per heavy atom. The predicted octanol–water partition coefficient (Wildman–Crippen LogP) is 4.57. The molecule has 4 atom stereocenters. The average molecular weight is 495 g/mol. The molecule has 5 rings (SSSR count). The van der Waals surface area contributed by atoms with Gasteiger partial charge in [0.2, 0.25) is 0 Å². The van der Waals surface area contributed by atoms with Crippen molar-refractivity contribution in [3.63, 3.8) is 0 Å². The molecule has 6 nitrogen and oxygen atoms in total. The molecule has 0 spiro atoms. The first-order valence-corrected chi connectivity index (χ1v) is 11.6. The van der Waals surface area contributed by atoms with Gasteiger partial charge in [-0.25, -0.2) is 0 Å². The summed E-state index contributed by atoms with van der Waals surface area (Å²) in [5, 5.41) is 5.32. The molecule has 1 saturated heterocycles. The van der Waals surface area contributed by atoms with Gasteiger partial charge in [0.25, 0.3) is 11.8 Å². The van der Waals surface area contributed by atoms with Gasteiger partial charge in [0.1, 0.15) is 6.61 Å². The molecule has 2 aliphatic carbocycles. The molecule has 2 bridgehead atoms. The molecular weight excluding hydrogens is 472 g/mol. The van der Waals surface area contributed by atoms with Crippen molar-refractivity contribution in [1.82, 2.24) is 5.01 Å². The lowest BCUT2D eigenvalue weighted by Gasteiger charge is -2.14. The summed E-state index contributed by atoms with van der Waals surface area (Å²) in [4.78, 5) is 25.7. The highest BCUT2D eigenvalue weighted by Crippen LogP contribution is 2.52. The molecule has 2 amide bonds. The van der Waals surface area contributed by atoms with Crippen molar-refractivity contribution in [1.29, 1.82) is 0 Å². The summed E-state index contributed by atoms with van der Waals surface area (Å²) < 4.78 is 12.5. The van der Waals surface area contributed by atoms with Gasteiger partial charge >= 0.3 is 0 Å². The van der Waals surface area contributed by atoms with E-state index in [4.69, 9.17) is 9.47 Å². The van der Waals surface area contributed by atoms with E-state index in [0.717, 1.165) is 21.5 Å². The van der Waals surface area contributed by atoms with Crippen LogP contribution in [0.25, 0.3) is 0 Å². The summed E-state index contributed by atoms with van der Waals surface area (Å²) >= 11 is 3.55. The summed E-state index contributed by atoms with van der Waals surface area (Å²) in [7, 11) is 0. The average Bonchev–Trinajstić information content (AvgIpc) is 3.48. The minimum atomic E-state index is -0.258. The number of hydrogen-bond acceptors (Lipinski definition) is 5. The fourth-order valence-corrected chi connectivity index (χ4v) is 5.31. The van der Waals surface area contributed by atoms with Crippen molar-refractivity contribution in [2.45, 2.75) is 20.0 Å². The number of nitrogens with zero attached hydrogens (tertiary/aromatic N) is 2.